The number of aliphatic hydroxyl groups is 1. The molecule has 1 fully saturated rings. The molecule has 1 aromatic heterocycles. The van der Waals surface area contributed by atoms with Crippen molar-refractivity contribution in [1.82, 2.24) is 4.98 Å². The minimum Gasteiger partial charge on any atom is -0.392 e. The summed E-state index contributed by atoms with van der Waals surface area (Å²) < 4.78 is 0.358. The van der Waals surface area contributed by atoms with Crippen LogP contribution in [0, 0.1) is 0 Å². The SMILES string of the molecule is CCc1cc(CO)cc(N2CCSC(C)(C)CC2)n1. The van der Waals surface area contributed by atoms with Gasteiger partial charge >= 0.3 is 0 Å². The van der Waals surface area contributed by atoms with E-state index in [9.17, 15) is 5.11 Å². The highest BCUT2D eigenvalue weighted by atomic mass is 32.2. The summed E-state index contributed by atoms with van der Waals surface area (Å²) >= 11 is 2.04. The molecule has 0 aliphatic carbocycles. The van der Waals surface area contributed by atoms with Gasteiger partial charge in [0.1, 0.15) is 5.82 Å². The quantitative estimate of drug-likeness (QED) is 0.923. The van der Waals surface area contributed by atoms with Crippen LogP contribution in [0.5, 0.6) is 0 Å². The topological polar surface area (TPSA) is 36.4 Å². The Morgan fingerprint density at radius 2 is 2.16 bits per heavy atom. The van der Waals surface area contributed by atoms with Gasteiger partial charge in [-0.3, -0.25) is 0 Å². The molecule has 1 N–H and O–H groups in total. The third-order valence-electron chi connectivity index (χ3n) is 3.63. The molecular weight excluding hydrogens is 256 g/mol. The van der Waals surface area contributed by atoms with Crippen LogP contribution in [0.2, 0.25) is 0 Å². The third-order valence-corrected chi connectivity index (χ3v) is 5.00. The predicted molar refractivity (Wildman–Crippen MR) is 82.9 cm³/mol. The van der Waals surface area contributed by atoms with E-state index in [0.717, 1.165) is 42.3 Å². The van der Waals surface area contributed by atoms with E-state index in [1.807, 2.05) is 23.9 Å². The van der Waals surface area contributed by atoms with Gasteiger partial charge in [0, 0.05) is 29.3 Å². The number of nitrogens with zero attached hydrogens (tertiary/aromatic N) is 2. The van der Waals surface area contributed by atoms with E-state index in [1.54, 1.807) is 0 Å². The second-order valence-electron chi connectivity index (χ2n) is 5.68. The standard InChI is InChI=1S/C15H24N2OS/c1-4-13-9-12(11-18)10-14(16-13)17-6-5-15(2,3)19-8-7-17/h9-10,18H,4-8,11H2,1-3H3. The fourth-order valence-electron chi connectivity index (χ4n) is 2.32. The summed E-state index contributed by atoms with van der Waals surface area (Å²) in [5.41, 5.74) is 2.04. The maximum absolute atomic E-state index is 9.37. The van der Waals surface area contributed by atoms with Crippen molar-refractivity contribution in [2.45, 2.75) is 45.0 Å². The van der Waals surface area contributed by atoms with E-state index in [0.29, 0.717) is 4.75 Å². The number of anilines is 1. The van der Waals surface area contributed by atoms with Gasteiger partial charge in [0.05, 0.1) is 6.61 Å². The summed E-state index contributed by atoms with van der Waals surface area (Å²) in [6.45, 7) is 8.92. The second kappa shape index (κ2) is 6.14. The lowest BCUT2D eigenvalue weighted by molar-refractivity contribution is 0.281. The number of rotatable bonds is 3. The summed E-state index contributed by atoms with van der Waals surface area (Å²) in [5.74, 6) is 2.17. The zero-order valence-corrected chi connectivity index (χ0v) is 13.0. The van der Waals surface area contributed by atoms with Crippen LogP contribution in [0.15, 0.2) is 12.1 Å². The molecule has 0 saturated carbocycles. The maximum Gasteiger partial charge on any atom is 0.129 e. The molecule has 0 amide bonds. The molecule has 4 heteroatoms. The molecule has 0 bridgehead atoms. The van der Waals surface area contributed by atoms with E-state index >= 15 is 0 Å². The Morgan fingerprint density at radius 3 is 2.84 bits per heavy atom. The molecule has 0 aromatic carbocycles. The average Bonchev–Trinajstić information content (AvgIpc) is 2.59. The monoisotopic (exact) mass is 280 g/mol. The van der Waals surface area contributed by atoms with Gasteiger partial charge in [-0.25, -0.2) is 4.98 Å². The van der Waals surface area contributed by atoms with Gasteiger partial charge in [0.2, 0.25) is 0 Å². The van der Waals surface area contributed by atoms with Crippen molar-refractivity contribution in [2.75, 3.05) is 23.7 Å². The number of hydrogen-bond acceptors (Lipinski definition) is 4. The first-order valence-electron chi connectivity index (χ1n) is 7.03. The highest BCUT2D eigenvalue weighted by Crippen LogP contribution is 2.32. The van der Waals surface area contributed by atoms with Gasteiger partial charge in [-0.2, -0.15) is 11.8 Å². The fourth-order valence-corrected chi connectivity index (χ4v) is 3.42. The Bertz CT molecular complexity index is 412. The molecule has 1 aliphatic rings. The Kier molecular flexibility index (Phi) is 4.74. The van der Waals surface area contributed by atoms with Crippen LogP contribution < -0.4 is 4.90 Å². The van der Waals surface area contributed by atoms with Gasteiger partial charge in [-0.05, 0) is 30.5 Å². The highest BCUT2D eigenvalue weighted by molar-refractivity contribution is 8.00. The van der Waals surface area contributed by atoms with Crippen LogP contribution >= 0.6 is 11.8 Å². The van der Waals surface area contributed by atoms with Crippen molar-refractivity contribution in [3.05, 3.63) is 23.4 Å². The average molecular weight is 280 g/mol. The maximum atomic E-state index is 9.37. The smallest absolute Gasteiger partial charge is 0.129 e. The summed E-state index contributed by atoms with van der Waals surface area (Å²) in [4.78, 5) is 7.08. The first-order valence-corrected chi connectivity index (χ1v) is 8.02. The van der Waals surface area contributed by atoms with Gasteiger partial charge in [-0.15, -0.1) is 0 Å². The normalized spacial score (nSPS) is 19.3. The van der Waals surface area contributed by atoms with Crippen LogP contribution in [0.3, 0.4) is 0 Å². The molecule has 0 unspecified atom stereocenters. The van der Waals surface area contributed by atoms with Gasteiger partial charge in [0.15, 0.2) is 0 Å². The summed E-state index contributed by atoms with van der Waals surface area (Å²) in [6.07, 6.45) is 2.08. The van der Waals surface area contributed by atoms with E-state index in [2.05, 4.69) is 25.7 Å². The first-order chi connectivity index (χ1) is 9.04. The van der Waals surface area contributed by atoms with Crippen molar-refractivity contribution < 1.29 is 5.11 Å². The van der Waals surface area contributed by atoms with Gasteiger partial charge in [0.25, 0.3) is 0 Å². The molecule has 1 aromatic rings. The van der Waals surface area contributed by atoms with Gasteiger partial charge < -0.3 is 10.0 Å². The van der Waals surface area contributed by atoms with Crippen LogP contribution in [0.25, 0.3) is 0 Å². The molecule has 2 heterocycles. The first kappa shape index (κ1) is 14.7. The molecule has 19 heavy (non-hydrogen) atoms. The minimum atomic E-state index is 0.0939. The molecule has 1 saturated heterocycles. The highest BCUT2D eigenvalue weighted by Gasteiger charge is 2.24. The molecular formula is C15H24N2OS. The number of aromatic nitrogens is 1. The van der Waals surface area contributed by atoms with Crippen LogP contribution in [0.1, 0.15) is 38.4 Å². The third kappa shape index (κ3) is 3.86. The van der Waals surface area contributed by atoms with Crippen molar-refractivity contribution >= 4 is 17.6 Å². The largest absolute Gasteiger partial charge is 0.392 e. The minimum absolute atomic E-state index is 0.0939. The fraction of sp³-hybridized carbons (Fsp3) is 0.667. The Balaban J connectivity index is 2.21. The molecule has 0 spiro atoms. The van der Waals surface area contributed by atoms with Gasteiger partial charge in [-0.1, -0.05) is 20.8 Å². The number of thioether (sulfide) groups is 1. The van der Waals surface area contributed by atoms with Crippen LogP contribution in [0.4, 0.5) is 5.82 Å². The number of aliphatic hydroxyl groups excluding tert-OH is 1. The zero-order chi connectivity index (χ0) is 13.9. The predicted octanol–water partition coefficient (Wildman–Crippen LogP) is 2.86. The van der Waals surface area contributed by atoms with Crippen LogP contribution in [-0.4, -0.2) is 33.7 Å². The number of aryl methyl sites for hydroxylation is 1. The lowest BCUT2D eigenvalue weighted by Gasteiger charge is -2.24. The Hall–Kier alpha value is -0.740. The van der Waals surface area contributed by atoms with Crippen molar-refractivity contribution in [3.63, 3.8) is 0 Å². The molecule has 1 aliphatic heterocycles. The molecule has 0 atom stereocenters. The molecule has 3 nitrogen and oxygen atoms in total. The lowest BCUT2D eigenvalue weighted by Crippen LogP contribution is -2.28. The summed E-state index contributed by atoms with van der Waals surface area (Å²) in [6, 6.07) is 4.03. The van der Waals surface area contributed by atoms with E-state index in [4.69, 9.17) is 4.98 Å². The van der Waals surface area contributed by atoms with Crippen molar-refractivity contribution in [2.24, 2.45) is 0 Å². The second-order valence-corrected chi connectivity index (χ2v) is 7.48. The van der Waals surface area contributed by atoms with Crippen molar-refractivity contribution in [3.8, 4) is 0 Å². The zero-order valence-electron chi connectivity index (χ0n) is 12.1. The van der Waals surface area contributed by atoms with E-state index < -0.39 is 0 Å². The Morgan fingerprint density at radius 1 is 1.37 bits per heavy atom. The molecule has 106 valence electrons. The number of hydrogen-bond donors (Lipinski definition) is 1. The summed E-state index contributed by atoms with van der Waals surface area (Å²) in [7, 11) is 0. The molecule has 0 radical (unpaired) electrons. The Labute approximate surface area is 120 Å². The molecule has 2 rings (SSSR count). The lowest BCUT2D eigenvalue weighted by atomic mass is 10.1. The van der Waals surface area contributed by atoms with Crippen molar-refractivity contribution in [1.29, 1.82) is 0 Å². The summed E-state index contributed by atoms with van der Waals surface area (Å²) in [5, 5.41) is 9.37. The van der Waals surface area contributed by atoms with E-state index in [1.165, 1.54) is 6.42 Å². The van der Waals surface area contributed by atoms with E-state index in [-0.39, 0.29) is 6.61 Å². The van der Waals surface area contributed by atoms with Crippen LogP contribution in [-0.2, 0) is 13.0 Å². The number of pyridine rings is 1.